The summed E-state index contributed by atoms with van der Waals surface area (Å²) in [5.41, 5.74) is 2.96. The Kier molecular flexibility index (Phi) is 5.42. The molecule has 0 fully saturated rings. The van der Waals surface area contributed by atoms with E-state index in [1.165, 1.54) is 11.1 Å². The van der Waals surface area contributed by atoms with Gasteiger partial charge in [-0.25, -0.2) is 0 Å². The van der Waals surface area contributed by atoms with Crippen LogP contribution in [0.25, 0.3) is 0 Å². The molecule has 1 amide bonds. The molecule has 4 heteroatoms. The summed E-state index contributed by atoms with van der Waals surface area (Å²) in [5.74, 6) is 1.07. The fraction of sp³-hybridized carbons (Fsp3) is 0.278. The van der Waals surface area contributed by atoms with Gasteiger partial charge in [0.2, 0.25) is 0 Å². The van der Waals surface area contributed by atoms with E-state index >= 15 is 0 Å². The minimum atomic E-state index is -0.135. The van der Waals surface area contributed by atoms with Gasteiger partial charge in [-0.05, 0) is 31.0 Å². The lowest BCUT2D eigenvalue weighted by atomic mass is 10.1. The highest BCUT2D eigenvalue weighted by atomic mass is 16.5. The van der Waals surface area contributed by atoms with Crippen LogP contribution in [-0.4, -0.2) is 26.7 Å². The van der Waals surface area contributed by atoms with E-state index in [9.17, 15) is 4.79 Å². The van der Waals surface area contributed by atoms with Crippen LogP contribution >= 0.6 is 0 Å². The van der Waals surface area contributed by atoms with Crippen LogP contribution in [-0.2, 0) is 6.42 Å². The molecule has 0 saturated carbocycles. The number of hydrogen-bond donors (Lipinski definition) is 1. The summed E-state index contributed by atoms with van der Waals surface area (Å²) in [7, 11) is 3.13. The molecular weight excluding hydrogens is 278 g/mol. The molecule has 22 heavy (non-hydrogen) atoms. The molecule has 2 aromatic carbocycles. The second-order valence-corrected chi connectivity index (χ2v) is 5.09. The number of carbonyl (C=O) groups excluding carboxylic acids is 1. The van der Waals surface area contributed by atoms with E-state index in [4.69, 9.17) is 9.47 Å². The van der Waals surface area contributed by atoms with Gasteiger partial charge < -0.3 is 14.8 Å². The predicted octanol–water partition coefficient (Wildman–Crippen LogP) is 2.98. The third kappa shape index (κ3) is 4.25. The highest BCUT2D eigenvalue weighted by molar-refractivity contribution is 5.95. The molecule has 0 heterocycles. The zero-order valence-electron chi connectivity index (χ0n) is 13.2. The topological polar surface area (TPSA) is 47.6 Å². The molecule has 0 unspecified atom stereocenters. The Labute approximate surface area is 131 Å². The number of amides is 1. The first kappa shape index (κ1) is 15.9. The third-order valence-electron chi connectivity index (χ3n) is 3.43. The number of carbonyl (C=O) groups is 1. The molecule has 0 atom stereocenters. The van der Waals surface area contributed by atoms with Gasteiger partial charge in [0.25, 0.3) is 5.91 Å². The highest BCUT2D eigenvalue weighted by Gasteiger charge is 2.09. The maximum Gasteiger partial charge on any atom is 0.251 e. The molecule has 2 rings (SSSR count). The SMILES string of the molecule is COc1cc(OC)cc(C(=O)NCCc2ccc(C)cc2)c1. The quantitative estimate of drug-likeness (QED) is 0.892. The van der Waals surface area contributed by atoms with E-state index in [2.05, 4.69) is 36.5 Å². The molecule has 116 valence electrons. The van der Waals surface area contributed by atoms with Gasteiger partial charge in [-0.1, -0.05) is 29.8 Å². The summed E-state index contributed by atoms with van der Waals surface area (Å²) >= 11 is 0. The summed E-state index contributed by atoms with van der Waals surface area (Å²) in [5, 5.41) is 2.91. The Bertz CT molecular complexity index is 613. The number of nitrogens with one attached hydrogen (secondary N) is 1. The molecule has 4 nitrogen and oxygen atoms in total. The Hall–Kier alpha value is -2.49. The monoisotopic (exact) mass is 299 g/mol. The van der Waals surface area contributed by atoms with Gasteiger partial charge in [0.05, 0.1) is 14.2 Å². The molecule has 0 aromatic heterocycles. The standard InChI is InChI=1S/C18H21NO3/c1-13-4-6-14(7-5-13)8-9-19-18(20)15-10-16(21-2)12-17(11-15)22-3/h4-7,10-12H,8-9H2,1-3H3,(H,19,20). The first-order chi connectivity index (χ1) is 10.6. The first-order valence-corrected chi connectivity index (χ1v) is 7.19. The van der Waals surface area contributed by atoms with Crippen molar-refractivity contribution in [3.05, 3.63) is 59.2 Å². The van der Waals surface area contributed by atoms with Gasteiger partial charge in [0.15, 0.2) is 0 Å². The lowest BCUT2D eigenvalue weighted by Gasteiger charge is -2.09. The summed E-state index contributed by atoms with van der Waals surface area (Å²) < 4.78 is 10.3. The van der Waals surface area contributed by atoms with Crippen LogP contribution in [0, 0.1) is 6.92 Å². The van der Waals surface area contributed by atoms with Crippen LogP contribution in [0.2, 0.25) is 0 Å². The molecule has 0 aliphatic carbocycles. The van der Waals surface area contributed by atoms with Crippen molar-refractivity contribution in [2.45, 2.75) is 13.3 Å². The number of hydrogen-bond acceptors (Lipinski definition) is 3. The van der Waals surface area contributed by atoms with Crippen molar-refractivity contribution < 1.29 is 14.3 Å². The second-order valence-electron chi connectivity index (χ2n) is 5.09. The van der Waals surface area contributed by atoms with Crippen molar-refractivity contribution in [2.75, 3.05) is 20.8 Å². The zero-order valence-corrected chi connectivity index (χ0v) is 13.2. The van der Waals surface area contributed by atoms with E-state index in [1.54, 1.807) is 32.4 Å². The molecule has 0 aliphatic rings. The maximum atomic E-state index is 12.2. The number of rotatable bonds is 6. The summed E-state index contributed by atoms with van der Waals surface area (Å²) in [6, 6.07) is 13.4. The number of methoxy groups -OCH3 is 2. The van der Waals surface area contributed by atoms with Gasteiger partial charge in [-0.3, -0.25) is 4.79 Å². The Morgan fingerprint density at radius 1 is 1.00 bits per heavy atom. The van der Waals surface area contributed by atoms with E-state index in [-0.39, 0.29) is 5.91 Å². The molecule has 0 radical (unpaired) electrons. The van der Waals surface area contributed by atoms with Crippen molar-refractivity contribution in [3.8, 4) is 11.5 Å². The molecular formula is C18H21NO3. The Morgan fingerprint density at radius 2 is 1.59 bits per heavy atom. The average Bonchev–Trinajstić information content (AvgIpc) is 2.56. The van der Waals surface area contributed by atoms with E-state index in [0.717, 1.165) is 6.42 Å². The van der Waals surface area contributed by atoms with Gasteiger partial charge in [0, 0.05) is 18.2 Å². The molecule has 0 aliphatic heterocycles. The van der Waals surface area contributed by atoms with Crippen molar-refractivity contribution in [2.24, 2.45) is 0 Å². The van der Waals surface area contributed by atoms with Crippen LogP contribution in [0.3, 0.4) is 0 Å². The fourth-order valence-corrected chi connectivity index (χ4v) is 2.12. The molecule has 2 aromatic rings. The second kappa shape index (κ2) is 7.50. The summed E-state index contributed by atoms with van der Waals surface area (Å²) in [6.07, 6.45) is 0.799. The third-order valence-corrected chi connectivity index (χ3v) is 3.43. The van der Waals surface area contributed by atoms with Gasteiger partial charge >= 0.3 is 0 Å². The number of aryl methyl sites for hydroxylation is 1. The van der Waals surface area contributed by atoms with Gasteiger partial charge in [0.1, 0.15) is 11.5 Å². The van der Waals surface area contributed by atoms with E-state index in [0.29, 0.717) is 23.6 Å². The first-order valence-electron chi connectivity index (χ1n) is 7.19. The smallest absolute Gasteiger partial charge is 0.251 e. The van der Waals surface area contributed by atoms with Crippen LogP contribution in [0.5, 0.6) is 11.5 Å². The molecule has 0 spiro atoms. The molecule has 1 N–H and O–H groups in total. The molecule has 0 saturated heterocycles. The van der Waals surface area contributed by atoms with Gasteiger partial charge in [-0.15, -0.1) is 0 Å². The molecule has 0 bridgehead atoms. The predicted molar refractivity (Wildman–Crippen MR) is 86.8 cm³/mol. The van der Waals surface area contributed by atoms with Crippen LogP contribution in [0.4, 0.5) is 0 Å². The Balaban J connectivity index is 1.95. The number of ether oxygens (including phenoxy) is 2. The van der Waals surface area contributed by atoms with Gasteiger partial charge in [-0.2, -0.15) is 0 Å². The van der Waals surface area contributed by atoms with Crippen LogP contribution < -0.4 is 14.8 Å². The van der Waals surface area contributed by atoms with Crippen molar-refractivity contribution in [1.82, 2.24) is 5.32 Å². The van der Waals surface area contributed by atoms with Crippen LogP contribution in [0.15, 0.2) is 42.5 Å². The fourth-order valence-electron chi connectivity index (χ4n) is 2.12. The van der Waals surface area contributed by atoms with Crippen molar-refractivity contribution >= 4 is 5.91 Å². The largest absolute Gasteiger partial charge is 0.497 e. The summed E-state index contributed by atoms with van der Waals surface area (Å²) in [6.45, 7) is 2.64. The van der Waals surface area contributed by atoms with Crippen LogP contribution in [0.1, 0.15) is 21.5 Å². The number of benzene rings is 2. The average molecular weight is 299 g/mol. The normalized spacial score (nSPS) is 10.1. The highest BCUT2D eigenvalue weighted by Crippen LogP contribution is 2.22. The lowest BCUT2D eigenvalue weighted by molar-refractivity contribution is 0.0953. The Morgan fingerprint density at radius 3 is 2.14 bits per heavy atom. The van der Waals surface area contributed by atoms with E-state index in [1.807, 2.05) is 0 Å². The van der Waals surface area contributed by atoms with E-state index < -0.39 is 0 Å². The van der Waals surface area contributed by atoms with Crippen molar-refractivity contribution in [1.29, 1.82) is 0 Å². The maximum absolute atomic E-state index is 12.2. The minimum Gasteiger partial charge on any atom is -0.497 e. The summed E-state index contributed by atoms with van der Waals surface area (Å²) in [4.78, 5) is 12.2. The lowest BCUT2D eigenvalue weighted by Crippen LogP contribution is -2.25. The zero-order chi connectivity index (χ0) is 15.9. The minimum absolute atomic E-state index is 0.135. The van der Waals surface area contributed by atoms with Crippen molar-refractivity contribution in [3.63, 3.8) is 0 Å².